The number of ketones is 1. The van der Waals surface area contributed by atoms with Crippen molar-refractivity contribution in [2.24, 2.45) is 10.4 Å². The second-order valence-corrected chi connectivity index (χ2v) is 14.9. The van der Waals surface area contributed by atoms with Crippen molar-refractivity contribution in [3.63, 3.8) is 0 Å². The van der Waals surface area contributed by atoms with Gasteiger partial charge in [-0.25, -0.2) is 4.79 Å². The number of alkyl carbamates (subject to hydrolysis) is 1. The third-order valence-corrected chi connectivity index (χ3v) is 9.84. The van der Waals surface area contributed by atoms with Crippen molar-refractivity contribution in [2.45, 2.75) is 52.5 Å². The lowest BCUT2D eigenvalue weighted by atomic mass is 9.75. The third-order valence-electron chi connectivity index (χ3n) is 9.84. The second kappa shape index (κ2) is 20.8. The van der Waals surface area contributed by atoms with E-state index in [2.05, 4.69) is 50.0 Å². The van der Waals surface area contributed by atoms with Crippen LogP contribution in [-0.4, -0.2) is 109 Å². The van der Waals surface area contributed by atoms with E-state index in [9.17, 15) is 14.7 Å². The number of nitrogens with zero attached hydrogens (tertiary/aromatic N) is 5. The molecule has 1 amide bonds. The van der Waals surface area contributed by atoms with Crippen molar-refractivity contribution in [1.29, 1.82) is 0 Å². The van der Waals surface area contributed by atoms with Gasteiger partial charge >= 0.3 is 6.09 Å². The molecular formula is C44H52N6O8. The van der Waals surface area contributed by atoms with Crippen molar-refractivity contribution < 1.29 is 38.4 Å². The quantitative estimate of drug-likeness (QED) is 0.0705. The maximum atomic E-state index is 13.2. The van der Waals surface area contributed by atoms with E-state index in [-0.39, 0.29) is 29.5 Å². The first-order chi connectivity index (χ1) is 28.2. The molecule has 1 heterocycles. The lowest BCUT2D eigenvalue weighted by Gasteiger charge is -2.30. The van der Waals surface area contributed by atoms with E-state index in [0.717, 1.165) is 11.1 Å². The Hall–Kier alpha value is -5.41. The molecule has 0 atom stereocenters. The number of fused-ring (bicyclic) bond motifs is 3. The number of aryl methyl sites for hydroxylation is 1. The summed E-state index contributed by atoms with van der Waals surface area (Å²) in [6.07, 6.45) is 0.635. The average molecular weight is 793 g/mol. The molecule has 14 heteroatoms. The summed E-state index contributed by atoms with van der Waals surface area (Å²) in [6, 6.07) is 24.1. The molecule has 0 saturated heterocycles. The molecule has 0 saturated carbocycles. The van der Waals surface area contributed by atoms with Crippen LogP contribution in [0.1, 0.15) is 61.5 Å². The SMILES string of the molecule is Cc1nnc(-c2ccc(CN=C(CCOCCOCCOCCOCCNC(=O)OCC3c4ccccc4-c4ccccc43)C3=C(O)CC(C)(C)CC3=O)cc2)nn1. The zero-order chi connectivity index (χ0) is 40.7. The number of Topliss-reactive ketones (excluding diaryl/α,β-unsaturated/α-hetero) is 1. The fraction of sp³-hybridized carbons (Fsp3) is 0.432. The summed E-state index contributed by atoms with van der Waals surface area (Å²) in [4.78, 5) is 30.3. The van der Waals surface area contributed by atoms with Crippen molar-refractivity contribution in [2.75, 3.05) is 66.0 Å². The maximum Gasteiger partial charge on any atom is 0.407 e. The van der Waals surface area contributed by atoms with Gasteiger partial charge in [0.1, 0.15) is 12.4 Å². The normalized spacial score (nSPS) is 15.0. The predicted octanol–water partition coefficient (Wildman–Crippen LogP) is 6.38. The summed E-state index contributed by atoms with van der Waals surface area (Å²) >= 11 is 0. The predicted molar refractivity (Wildman–Crippen MR) is 218 cm³/mol. The first-order valence-corrected chi connectivity index (χ1v) is 19.7. The van der Waals surface area contributed by atoms with Crippen LogP contribution in [0.3, 0.4) is 0 Å². The van der Waals surface area contributed by atoms with E-state index in [0.29, 0.717) is 108 Å². The van der Waals surface area contributed by atoms with Crippen molar-refractivity contribution in [3.05, 3.63) is 107 Å². The molecule has 4 aromatic rings. The minimum absolute atomic E-state index is 0.0167. The Kier molecular flexibility index (Phi) is 15.2. The van der Waals surface area contributed by atoms with E-state index in [1.165, 1.54) is 22.3 Å². The minimum atomic E-state index is -0.471. The number of ether oxygens (including phenoxy) is 5. The smallest absolute Gasteiger partial charge is 0.407 e. The number of carbonyl (C=O) groups is 2. The number of carbonyl (C=O) groups excluding carboxylic acids is 2. The van der Waals surface area contributed by atoms with Crippen LogP contribution in [0.25, 0.3) is 22.5 Å². The van der Waals surface area contributed by atoms with Crippen LogP contribution in [0.2, 0.25) is 0 Å². The van der Waals surface area contributed by atoms with E-state index in [4.69, 9.17) is 28.7 Å². The van der Waals surface area contributed by atoms with Gasteiger partial charge in [0, 0.05) is 37.3 Å². The first kappa shape index (κ1) is 42.2. The first-order valence-electron chi connectivity index (χ1n) is 19.7. The zero-order valence-electron chi connectivity index (χ0n) is 33.4. The van der Waals surface area contributed by atoms with Crippen molar-refractivity contribution >= 4 is 17.6 Å². The fourth-order valence-electron chi connectivity index (χ4n) is 7.04. The summed E-state index contributed by atoms with van der Waals surface area (Å²) in [5.74, 6) is 0.909. The Bertz CT molecular complexity index is 2010. The molecule has 0 fully saturated rings. The van der Waals surface area contributed by atoms with Gasteiger partial charge in [0.2, 0.25) is 5.82 Å². The van der Waals surface area contributed by atoms with Gasteiger partial charge in [-0.15, -0.1) is 20.4 Å². The highest BCUT2D eigenvalue weighted by atomic mass is 16.6. The Morgan fingerprint density at radius 3 is 1.95 bits per heavy atom. The number of aliphatic imine (C=N–C) groups is 1. The van der Waals surface area contributed by atoms with E-state index in [1.807, 2.05) is 62.4 Å². The van der Waals surface area contributed by atoms with E-state index >= 15 is 0 Å². The van der Waals surface area contributed by atoms with Crippen LogP contribution in [0.4, 0.5) is 4.79 Å². The standard InChI is InChI=1S/C44H52N6O8/c1-30-47-49-42(50-48-30)32-14-12-31(13-15-32)28-46-38(41-39(51)26-44(2,3)27-40(41)52)16-18-54-20-22-56-24-25-57-23-21-55-19-17-45-43(53)58-29-37-35-10-6-4-8-33(35)34-9-5-7-11-36(34)37/h4-15,37,51H,16-29H2,1-3H3,(H,45,53). The highest BCUT2D eigenvalue weighted by Crippen LogP contribution is 2.44. The van der Waals surface area contributed by atoms with Crippen molar-refractivity contribution in [1.82, 2.24) is 25.7 Å². The number of amides is 1. The molecule has 0 bridgehead atoms. The van der Waals surface area contributed by atoms with Gasteiger partial charge in [-0.2, -0.15) is 0 Å². The van der Waals surface area contributed by atoms with Gasteiger partial charge in [-0.05, 0) is 40.2 Å². The number of allylic oxidation sites excluding steroid dienone is 2. The van der Waals surface area contributed by atoms with E-state index < -0.39 is 6.09 Å². The lowest BCUT2D eigenvalue weighted by Crippen LogP contribution is -2.30. The second-order valence-electron chi connectivity index (χ2n) is 14.9. The van der Waals surface area contributed by atoms with Crippen LogP contribution in [-0.2, 0) is 35.0 Å². The summed E-state index contributed by atoms with van der Waals surface area (Å²) in [5, 5.41) is 29.8. The van der Waals surface area contributed by atoms with Crippen LogP contribution >= 0.6 is 0 Å². The summed E-state index contributed by atoms with van der Waals surface area (Å²) in [7, 11) is 0. The monoisotopic (exact) mass is 792 g/mol. The number of hydrogen-bond donors (Lipinski definition) is 2. The van der Waals surface area contributed by atoms with E-state index in [1.54, 1.807) is 6.92 Å². The van der Waals surface area contributed by atoms with Gasteiger partial charge in [0.25, 0.3) is 0 Å². The average Bonchev–Trinajstić information content (AvgIpc) is 3.53. The number of hydrogen-bond acceptors (Lipinski definition) is 13. The number of aliphatic hydroxyl groups excluding tert-OH is 1. The molecule has 0 unspecified atom stereocenters. The van der Waals surface area contributed by atoms with Gasteiger partial charge in [-0.3, -0.25) is 9.79 Å². The molecule has 1 aromatic heterocycles. The molecule has 58 heavy (non-hydrogen) atoms. The Labute approximate surface area is 339 Å². The molecule has 306 valence electrons. The Balaban J connectivity index is 0.818. The molecule has 2 N–H and O–H groups in total. The Morgan fingerprint density at radius 1 is 0.776 bits per heavy atom. The van der Waals surface area contributed by atoms with Crippen molar-refractivity contribution in [3.8, 4) is 22.5 Å². The zero-order valence-corrected chi connectivity index (χ0v) is 33.4. The number of rotatable bonds is 21. The van der Waals surface area contributed by atoms with Crippen LogP contribution < -0.4 is 5.32 Å². The summed E-state index contributed by atoms with van der Waals surface area (Å²) < 4.78 is 28.2. The minimum Gasteiger partial charge on any atom is -0.511 e. The number of benzene rings is 3. The van der Waals surface area contributed by atoms with Crippen LogP contribution in [0.5, 0.6) is 0 Å². The maximum absolute atomic E-state index is 13.2. The molecule has 0 aliphatic heterocycles. The molecule has 0 radical (unpaired) electrons. The molecule has 3 aromatic carbocycles. The van der Waals surface area contributed by atoms with Gasteiger partial charge < -0.3 is 34.1 Å². The summed E-state index contributed by atoms with van der Waals surface area (Å²) in [6.45, 7) is 9.53. The highest BCUT2D eigenvalue weighted by molar-refractivity contribution is 6.23. The molecule has 0 spiro atoms. The largest absolute Gasteiger partial charge is 0.511 e. The number of aliphatic hydroxyl groups is 1. The number of nitrogens with one attached hydrogen (secondary N) is 1. The van der Waals surface area contributed by atoms with Crippen LogP contribution in [0.15, 0.2) is 89.1 Å². The van der Waals surface area contributed by atoms with Gasteiger partial charge in [0.05, 0.1) is 70.7 Å². The lowest BCUT2D eigenvalue weighted by molar-refractivity contribution is -0.118. The number of aromatic nitrogens is 4. The fourth-order valence-corrected chi connectivity index (χ4v) is 7.04. The Morgan fingerprint density at radius 2 is 1.34 bits per heavy atom. The topological polar surface area (TPSA) is 176 Å². The summed E-state index contributed by atoms with van der Waals surface area (Å²) in [5.41, 5.74) is 6.94. The molecule has 6 rings (SSSR count). The third kappa shape index (κ3) is 11.8. The van der Waals surface area contributed by atoms with Gasteiger partial charge in [-0.1, -0.05) is 86.6 Å². The van der Waals surface area contributed by atoms with Gasteiger partial charge in [0.15, 0.2) is 11.6 Å². The molecule has 2 aliphatic rings. The molecular weight excluding hydrogens is 741 g/mol. The van der Waals surface area contributed by atoms with Crippen LogP contribution in [0, 0.1) is 12.3 Å². The molecule has 14 nitrogen and oxygen atoms in total. The molecule has 2 aliphatic carbocycles. The highest BCUT2D eigenvalue weighted by Gasteiger charge is 2.35.